The maximum atomic E-state index is 6.15. The molecule has 0 aliphatic carbocycles. The van der Waals surface area contributed by atoms with Gasteiger partial charge in [-0.3, -0.25) is 4.84 Å². The molecule has 21 heavy (non-hydrogen) atoms. The van der Waals surface area contributed by atoms with Gasteiger partial charge < -0.3 is 0 Å². The second kappa shape index (κ2) is 4.69. The van der Waals surface area contributed by atoms with Crippen molar-refractivity contribution in [1.82, 2.24) is 5.06 Å². The van der Waals surface area contributed by atoms with Crippen LogP contribution >= 0.6 is 0 Å². The maximum absolute atomic E-state index is 6.15. The molecule has 1 fully saturated rings. The molecule has 0 bridgehead atoms. The van der Waals surface area contributed by atoms with Crippen molar-refractivity contribution in [2.75, 3.05) is 0 Å². The zero-order valence-corrected chi connectivity index (χ0v) is 13.5. The Bertz CT molecular complexity index is 589. The highest BCUT2D eigenvalue weighted by Gasteiger charge is 2.62. The zero-order valence-electron chi connectivity index (χ0n) is 13.5. The van der Waals surface area contributed by atoms with E-state index in [1.165, 1.54) is 22.3 Å². The van der Waals surface area contributed by atoms with Crippen LogP contribution in [-0.4, -0.2) is 10.6 Å². The lowest BCUT2D eigenvalue weighted by molar-refractivity contribution is 0.101. The summed E-state index contributed by atoms with van der Waals surface area (Å²) in [6, 6.07) is 17.3. The fourth-order valence-corrected chi connectivity index (χ4v) is 2.79. The van der Waals surface area contributed by atoms with Crippen molar-refractivity contribution in [1.29, 1.82) is 0 Å². The Hall–Kier alpha value is -1.64. The number of aryl methyl sites for hydroxylation is 2. The average molecular weight is 281 g/mol. The molecule has 1 atom stereocenters. The predicted molar refractivity (Wildman–Crippen MR) is 85.8 cm³/mol. The fourth-order valence-electron chi connectivity index (χ4n) is 2.79. The molecule has 2 heteroatoms. The van der Waals surface area contributed by atoms with Crippen LogP contribution in [0.15, 0.2) is 48.5 Å². The van der Waals surface area contributed by atoms with E-state index in [0.29, 0.717) is 0 Å². The normalized spacial score (nSPS) is 20.3. The molecule has 0 radical (unpaired) electrons. The molecule has 0 spiro atoms. The summed E-state index contributed by atoms with van der Waals surface area (Å²) in [4.78, 5) is 6.15. The summed E-state index contributed by atoms with van der Waals surface area (Å²) in [5.74, 6) is 0. The fraction of sp³-hybridized carbons (Fsp3) is 0.368. The lowest BCUT2D eigenvalue weighted by atomic mass is 9.93. The maximum Gasteiger partial charge on any atom is 0.216 e. The summed E-state index contributed by atoms with van der Waals surface area (Å²) in [5.41, 5.74) is 4.41. The minimum Gasteiger partial charge on any atom is -0.260 e. The van der Waals surface area contributed by atoms with Gasteiger partial charge in [-0.15, -0.1) is 5.06 Å². The summed E-state index contributed by atoms with van der Waals surface area (Å²) in [6.45, 7) is 10.8. The Morgan fingerprint density at radius 2 is 1.14 bits per heavy atom. The van der Waals surface area contributed by atoms with Crippen LogP contribution in [0.3, 0.4) is 0 Å². The molecule has 2 nitrogen and oxygen atoms in total. The van der Waals surface area contributed by atoms with E-state index in [1.807, 2.05) is 0 Å². The van der Waals surface area contributed by atoms with Crippen LogP contribution in [0.25, 0.3) is 0 Å². The largest absolute Gasteiger partial charge is 0.260 e. The van der Waals surface area contributed by atoms with Gasteiger partial charge in [0.1, 0.15) is 0 Å². The number of hydroxylamine groups is 2. The molecule has 3 rings (SSSR count). The standard InChI is InChI=1S/C19H23NO/c1-14-6-10-16(11-7-14)19(20(21-19)18(3,4)5)17-12-8-15(2)9-13-17/h6-13H,1-5H3. The Kier molecular flexibility index (Phi) is 3.19. The van der Waals surface area contributed by atoms with Gasteiger partial charge in [0, 0.05) is 16.7 Å². The van der Waals surface area contributed by atoms with Gasteiger partial charge in [-0.1, -0.05) is 59.7 Å². The molecule has 110 valence electrons. The van der Waals surface area contributed by atoms with E-state index in [2.05, 4.69) is 88.2 Å². The molecule has 0 aromatic heterocycles. The first-order chi connectivity index (χ1) is 9.84. The molecule has 1 aliphatic rings. The minimum atomic E-state index is -0.445. The van der Waals surface area contributed by atoms with Gasteiger partial charge in [-0.05, 0) is 34.6 Å². The molecule has 1 saturated heterocycles. The molecule has 2 aromatic rings. The first-order valence-corrected chi connectivity index (χ1v) is 7.48. The summed E-state index contributed by atoms with van der Waals surface area (Å²) in [5, 5.41) is 2.09. The van der Waals surface area contributed by atoms with E-state index in [0.717, 1.165) is 0 Å². The second-order valence-electron chi connectivity index (χ2n) is 6.93. The van der Waals surface area contributed by atoms with E-state index >= 15 is 0 Å². The molecule has 0 N–H and O–H groups in total. The van der Waals surface area contributed by atoms with Crippen LogP contribution in [0.4, 0.5) is 0 Å². The van der Waals surface area contributed by atoms with E-state index in [4.69, 9.17) is 4.84 Å². The molecule has 1 heterocycles. The summed E-state index contributed by atoms with van der Waals surface area (Å²) in [7, 11) is 0. The Labute approximate surface area is 127 Å². The van der Waals surface area contributed by atoms with Crippen molar-refractivity contribution in [3.63, 3.8) is 0 Å². The number of nitrogens with zero attached hydrogens (tertiary/aromatic N) is 1. The van der Waals surface area contributed by atoms with Gasteiger partial charge in [0.05, 0.1) is 0 Å². The summed E-state index contributed by atoms with van der Waals surface area (Å²) in [6.07, 6.45) is 0. The Morgan fingerprint density at radius 1 is 0.762 bits per heavy atom. The van der Waals surface area contributed by atoms with Gasteiger partial charge in [0.25, 0.3) is 0 Å². The minimum absolute atomic E-state index is 0.0459. The Morgan fingerprint density at radius 3 is 1.43 bits per heavy atom. The molecule has 1 unspecified atom stereocenters. The number of hydrogen-bond donors (Lipinski definition) is 0. The lowest BCUT2D eigenvalue weighted by Gasteiger charge is -2.22. The van der Waals surface area contributed by atoms with E-state index < -0.39 is 5.72 Å². The second-order valence-corrected chi connectivity index (χ2v) is 6.93. The summed E-state index contributed by atoms with van der Waals surface area (Å²) < 4.78 is 0. The monoisotopic (exact) mass is 281 g/mol. The van der Waals surface area contributed by atoms with Crippen LogP contribution in [0, 0.1) is 13.8 Å². The molecule has 0 amide bonds. The number of rotatable bonds is 2. The first kappa shape index (κ1) is 14.3. The number of benzene rings is 2. The van der Waals surface area contributed by atoms with E-state index in [1.54, 1.807) is 0 Å². The van der Waals surface area contributed by atoms with E-state index in [-0.39, 0.29) is 5.54 Å². The lowest BCUT2D eigenvalue weighted by Crippen LogP contribution is -2.32. The van der Waals surface area contributed by atoms with Crippen molar-refractivity contribution in [2.45, 2.75) is 45.9 Å². The third kappa shape index (κ3) is 2.39. The highest BCUT2D eigenvalue weighted by molar-refractivity contribution is 5.41. The van der Waals surface area contributed by atoms with Gasteiger partial charge in [0.2, 0.25) is 5.72 Å². The molecular weight excluding hydrogens is 258 g/mol. The van der Waals surface area contributed by atoms with E-state index in [9.17, 15) is 0 Å². The Balaban J connectivity index is 2.09. The molecule has 0 saturated carbocycles. The SMILES string of the molecule is Cc1ccc(C2(c3ccc(C)cc3)ON2C(C)(C)C)cc1. The van der Waals surface area contributed by atoms with Gasteiger partial charge in [0.15, 0.2) is 0 Å². The number of hydrogen-bond acceptors (Lipinski definition) is 2. The molecular formula is C19H23NO. The highest BCUT2D eigenvalue weighted by Crippen LogP contribution is 2.54. The van der Waals surface area contributed by atoms with Crippen LogP contribution in [-0.2, 0) is 10.6 Å². The predicted octanol–water partition coefficient (Wildman–Crippen LogP) is 4.55. The van der Waals surface area contributed by atoms with Crippen LogP contribution in [0.2, 0.25) is 0 Å². The average Bonchev–Trinajstić information content (AvgIpc) is 3.17. The molecule has 2 aromatic carbocycles. The zero-order chi connectivity index (χ0) is 15.3. The highest BCUT2D eigenvalue weighted by atomic mass is 16.9. The van der Waals surface area contributed by atoms with Crippen LogP contribution < -0.4 is 0 Å². The van der Waals surface area contributed by atoms with Gasteiger partial charge in [-0.25, -0.2) is 0 Å². The van der Waals surface area contributed by atoms with Gasteiger partial charge in [-0.2, -0.15) is 0 Å². The quantitative estimate of drug-likeness (QED) is 0.750. The summed E-state index contributed by atoms with van der Waals surface area (Å²) >= 11 is 0. The van der Waals surface area contributed by atoms with Crippen molar-refractivity contribution in [2.24, 2.45) is 0 Å². The van der Waals surface area contributed by atoms with Crippen molar-refractivity contribution < 1.29 is 4.84 Å². The van der Waals surface area contributed by atoms with Crippen LogP contribution in [0.1, 0.15) is 43.0 Å². The van der Waals surface area contributed by atoms with Crippen molar-refractivity contribution >= 4 is 0 Å². The smallest absolute Gasteiger partial charge is 0.216 e. The van der Waals surface area contributed by atoms with Crippen molar-refractivity contribution in [3.05, 3.63) is 70.8 Å². The van der Waals surface area contributed by atoms with Crippen LogP contribution in [0.5, 0.6) is 0 Å². The molecule has 1 aliphatic heterocycles. The van der Waals surface area contributed by atoms with Crippen molar-refractivity contribution in [3.8, 4) is 0 Å². The third-order valence-corrected chi connectivity index (χ3v) is 3.97. The first-order valence-electron chi connectivity index (χ1n) is 7.48. The topological polar surface area (TPSA) is 15.5 Å². The van der Waals surface area contributed by atoms with Gasteiger partial charge >= 0.3 is 0 Å². The third-order valence-electron chi connectivity index (χ3n) is 3.97.